The fourth-order valence-corrected chi connectivity index (χ4v) is 5.98. The topological polar surface area (TPSA) is 116 Å². The van der Waals surface area contributed by atoms with Crippen LogP contribution in [-0.4, -0.2) is 87.3 Å². The molecule has 1 aromatic rings. The molecule has 2 rings (SSSR count). The maximum Gasteiger partial charge on any atom is 0.434 e. The van der Waals surface area contributed by atoms with Gasteiger partial charge in [0.1, 0.15) is 25.1 Å². The second kappa shape index (κ2) is 28.0. The number of nitrogens with one attached hydrogen (secondary N) is 1. The third kappa shape index (κ3) is 17.8. The Bertz CT molecular complexity index is 1210. The van der Waals surface area contributed by atoms with Crippen LogP contribution in [-0.2, 0) is 19.0 Å². The Morgan fingerprint density at radius 2 is 1.44 bits per heavy atom. The highest BCUT2D eigenvalue weighted by molar-refractivity contribution is 5.98. The van der Waals surface area contributed by atoms with Gasteiger partial charge in [0.25, 0.3) is 5.91 Å². The number of hydroxylamine groups is 2. The van der Waals surface area contributed by atoms with E-state index in [0.717, 1.165) is 25.7 Å². The SMILES string of the molecule is CCCCCCCCCCCCCCCC(CC)ON(CCC)C(=O)OCC(COC(=O)NCC1=CC=CCN1C(=O)c1ccccc1OC)OC. The molecule has 0 radical (unpaired) electrons. The number of nitrogens with zero attached hydrogens (tertiary/aromatic N) is 2. The summed E-state index contributed by atoms with van der Waals surface area (Å²) in [6, 6.07) is 7.00. The number of amides is 3. The van der Waals surface area contributed by atoms with Crippen molar-refractivity contribution in [2.75, 3.05) is 47.1 Å². The lowest BCUT2D eigenvalue weighted by atomic mass is 10.0. The number of alkyl carbamates (subject to hydrolysis) is 1. The summed E-state index contributed by atoms with van der Waals surface area (Å²) in [4.78, 5) is 46.5. The van der Waals surface area contributed by atoms with Crippen LogP contribution in [0.4, 0.5) is 9.59 Å². The summed E-state index contributed by atoms with van der Waals surface area (Å²) >= 11 is 0. The van der Waals surface area contributed by atoms with E-state index in [1.54, 1.807) is 35.2 Å². The van der Waals surface area contributed by atoms with Crippen molar-refractivity contribution in [3.8, 4) is 5.75 Å². The van der Waals surface area contributed by atoms with Crippen molar-refractivity contribution in [1.82, 2.24) is 15.3 Å². The van der Waals surface area contributed by atoms with Crippen molar-refractivity contribution in [2.45, 2.75) is 136 Å². The van der Waals surface area contributed by atoms with Crippen LogP contribution in [0.15, 0.2) is 48.2 Å². The average Bonchev–Trinajstić information content (AvgIpc) is 3.17. The van der Waals surface area contributed by atoms with E-state index in [1.165, 1.54) is 96.3 Å². The highest BCUT2D eigenvalue weighted by Gasteiger charge is 2.25. The lowest BCUT2D eigenvalue weighted by Gasteiger charge is -2.27. The van der Waals surface area contributed by atoms with Gasteiger partial charge in [-0.25, -0.2) is 9.59 Å². The van der Waals surface area contributed by atoms with Gasteiger partial charge in [0, 0.05) is 19.4 Å². The second-order valence-electron chi connectivity index (χ2n) is 13.4. The number of hydrogen-bond acceptors (Lipinski definition) is 8. The van der Waals surface area contributed by atoms with E-state index < -0.39 is 18.3 Å². The van der Waals surface area contributed by atoms with E-state index in [4.69, 9.17) is 23.8 Å². The van der Waals surface area contributed by atoms with Gasteiger partial charge in [-0.15, -0.1) is 0 Å². The summed E-state index contributed by atoms with van der Waals surface area (Å²) < 4.78 is 21.6. The van der Waals surface area contributed by atoms with Crippen LogP contribution in [0.2, 0.25) is 0 Å². The molecule has 0 saturated carbocycles. The molecule has 0 aromatic heterocycles. The van der Waals surface area contributed by atoms with Gasteiger partial charge in [-0.3, -0.25) is 9.63 Å². The van der Waals surface area contributed by atoms with Crippen LogP contribution < -0.4 is 10.1 Å². The van der Waals surface area contributed by atoms with Gasteiger partial charge in [0.05, 0.1) is 31.9 Å². The zero-order valence-electron chi connectivity index (χ0n) is 32.7. The molecule has 52 heavy (non-hydrogen) atoms. The minimum atomic E-state index is -0.691. The van der Waals surface area contributed by atoms with Crippen molar-refractivity contribution < 1.29 is 38.2 Å². The first-order valence-corrected chi connectivity index (χ1v) is 19.7. The van der Waals surface area contributed by atoms with Crippen molar-refractivity contribution >= 4 is 18.1 Å². The third-order valence-corrected chi connectivity index (χ3v) is 9.17. The molecule has 294 valence electrons. The monoisotopic (exact) mass is 729 g/mol. The molecule has 3 amide bonds. The lowest BCUT2D eigenvalue weighted by molar-refractivity contribution is -0.180. The summed E-state index contributed by atoms with van der Waals surface area (Å²) in [6.45, 7) is 6.90. The Balaban J connectivity index is 1.69. The molecular weight excluding hydrogens is 662 g/mol. The first-order valence-electron chi connectivity index (χ1n) is 19.7. The number of carbonyl (C=O) groups excluding carboxylic acids is 3. The lowest BCUT2D eigenvalue weighted by Crippen LogP contribution is -2.40. The molecule has 1 aliphatic heterocycles. The molecule has 1 N–H and O–H groups in total. The number of ether oxygens (including phenoxy) is 4. The first kappa shape index (κ1) is 44.6. The zero-order valence-corrected chi connectivity index (χ0v) is 32.7. The molecule has 2 atom stereocenters. The van der Waals surface area contributed by atoms with Crippen molar-refractivity contribution in [2.24, 2.45) is 0 Å². The summed E-state index contributed by atoms with van der Waals surface area (Å²) in [5.74, 6) is 0.232. The molecule has 11 heteroatoms. The Hall–Kier alpha value is -3.57. The third-order valence-electron chi connectivity index (χ3n) is 9.17. The number of carbonyl (C=O) groups is 3. The fraction of sp³-hybridized carbons (Fsp3) is 0.683. The van der Waals surface area contributed by atoms with Gasteiger partial charge in [0.15, 0.2) is 0 Å². The van der Waals surface area contributed by atoms with Crippen LogP contribution in [0, 0.1) is 0 Å². The van der Waals surface area contributed by atoms with E-state index in [9.17, 15) is 14.4 Å². The fourth-order valence-electron chi connectivity index (χ4n) is 5.98. The smallest absolute Gasteiger partial charge is 0.434 e. The van der Waals surface area contributed by atoms with Crippen LogP contribution >= 0.6 is 0 Å². The number of hydrogen-bond donors (Lipinski definition) is 1. The number of unbranched alkanes of at least 4 members (excludes halogenated alkanes) is 12. The van der Waals surface area contributed by atoms with Gasteiger partial charge in [-0.1, -0.05) is 129 Å². The van der Waals surface area contributed by atoms with Crippen LogP contribution in [0.5, 0.6) is 5.75 Å². The highest BCUT2D eigenvalue weighted by Crippen LogP contribution is 2.23. The molecule has 0 saturated heterocycles. The Labute approximate surface area is 313 Å². The number of rotatable bonds is 28. The summed E-state index contributed by atoms with van der Waals surface area (Å²) in [7, 11) is 2.98. The molecule has 1 heterocycles. The largest absolute Gasteiger partial charge is 0.496 e. The van der Waals surface area contributed by atoms with E-state index in [1.807, 2.05) is 19.1 Å². The van der Waals surface area contributed by atoms with E-state index in [0.29, 0.717) is 30.1 Å². The predicted octanol–water partition coefficient (Wildman–Crippen LogP) is 9.37. The minimum Gasteiger partial charge on any atom is -0.496 e. The molecule has 1 aromatic carbocycles. The van der Waals surface area contributed by atoms with Gasteiger partial charge >= 0.3 is 12.2 Å². The Morgan fingerprint density at radius 3 is 2.06 bits per heavy atom. The van der Waals surface area contributed by atoms with Crippen molar-refractivity contribution in [1.29, 1.82) is 0 Å². The molecule has 0 aliphatic carbocycles. The maximum atomic E-state index is 13.3. The van der Waals surface area contributed by atoms with E-state index >= 15 is 0 Å². The van der Waals surface area contributed by atoms with Gasteiger partial charge in [-0.05, 0) is 37.5 Å². The Morgan fingerprint density at radius 1 is 0.808 bits per heavy atom. The zero-order chi connectivity index (χ0) is 37.8. The van der Waals surface area contributed by atoms with Crippen molar-refractivity contribution in [3.63, 3.8) is 0 Å². The molecule has 0 bridgehead atoms. The number of benzene rings is 1. The molecule has 1 aliphatic rings. The molecule has 11 nitrogen and oxygen atoms in total. The van der Waals surface area contributed by atoms with Crippen LogP contribution in [0.25, 0.3) is 0 Å². The van der Waals surface area contributed by atoms with Gasteiger partial charge in [-0.2, -0.15) is 5.06 Å². The number of para-hydroxylation sites is 1. The molecular formula is C41H67N3O8. The average molecular weight is 730 g/mol. The van der Waals surface area contributed by atoms with Gasteiger partial charge < -0.3 is 29.2 Å². The van der Waals surface area contributed by atoms with E-state index in [2.05, 4.69) is 19.2 Å². The van der Waals surface area contributed by atoms with Crippen LogP contribution in [0.3, 0.4) is 0 Å². The number of allylic oxidation sites excluding steroid dienone is 2. The summed E-state index contributed by atoms with van der Waals surface area (Å²) in [6.07, 6.45) is 22.9. The Kier molecular flexibility index (Phi) is 24.0. The minimum absolute atomic E-state index is 0.0623. The summed E-state index contributed by atoms with van der Waals surface area (Å²) in [5.41, 5.74) is 1.03. The highest BCUT2D eigenvalue weighted by atomic mass is 16.7. The van der Waals surface area contributed by atoms with Crippen molar-refractivity contribution in [3.05, 3.63) is 53.8 Å². The first-order chi connectivity index (χ1) is 25.4. The molecule has 0 fully saturated rings. The van der Waals surface area contributed by atoms with Crippen LogP contribution in [0.1, 0.15) is 134 Å². The predicted molar refractivity (Wildman–Crippen MR) is 205 cm³/mol. The normalized spacial score (nSPS) is 13.6. The van der Waals surface area contributed by atoms with E-state index in [-0.39, 0.29) is 31.8 Å². The standard InChI is InChI=1S/C41H67N3O8/c1-6-9-10-11-12-13-14-15-16-17-18-19-20-26-35(8-3)52-44(29-7-2)41(47)51-33-36(48-4)32-50-40(46)42-31-34-25-23-24-30-43(34)39(45)37-27-21-22-28-38(37)49-5/h21-25,27-28,35-36H,6-20,26,29-33H2,1-5H3,(H,42,46). The second-order valence-corrected chi connectivity index (χ2v) is 13.4. The van der Waals surface area contributed by atoms with Gasteiger partial charge in [0.2, 0.25) is 0 Å². The summed E-state index contributed by atoms with van der Waals surface area (Å²) in [5, 5.41) is 4.00. The maximum absolute atomic E-state index is 13.3. The number of methoxy groups -OCH3 is 2. The molecule has 0 spiro atoms. The quantitative estimate of drug-likeness (QED) is 0.0670. The molecule has 2 unspecified atom stereocenters.